The van der Waals surface area contributed by atoms with Crippen LogP contribution in [0.4, 0.5) is 11.6 Å². The zero-order chi connectivity index (χ0) is 16.2. The van der Waals surface area contributed by atoms with E-state index in [0.717, 1.165) is 15.8 Å². The standard InChI is InChI=1S/C15H12BrN5O2/c1-23-14(22)10-6-17-15(18-7-10)20-11-8-19-21(9-11)13-5-3-2-4-12(13)16/h2-9H,1H3,(H,17,18,20). The Morgan fingerprint density at radius 1 is 1.22 bits per heavy atom. The molecule has 116 valence electrons. The molecule has 0 unspecified atom stereocenters. The van der Waals surface area contributed by atoms with Crippen LogP contribution in [0.1, 0.15) is 10.4 Å². The summed E-state index contributed by atoms with van der Waals surface area (Å²) in [5.74, 6) is -0.109. The zero-order valence-corrected chi connectivity index (χ0v) is 13.7. The summed E-state index contributed by atoms with van der Waals surface area (Å²) in [5.41, 5.74) is 1.94. The maximum atomic E-state index is 11.3. The van der Waals surface area contributed by atoms with E-state index in [4.69, 9.17) is 0 Å². The number of esters is 1. The molecule has 1 aromatic carbocycles. The Hall–Kier alpha value is -2.74. The van der Waals surface area contributed by atoms with Crippen LogP contribution in [-0.4, -0.2) is 32.8 Å². The Kier molecular flexibility index (Phi) is 4.33. The fraction of sp³-hybridized carbons (Fsp3) is 0.0667. The first-order valence-corrected chi connectivity index (χ1v) is 7.43. The van der Waals surface area contributed by atoms with Crippen LogP contribution < -0.4 is 5.32 Å². The molecule has 0 spiro atoms. The summed E-state index contributed by atoms with van der Waals surface area (Å²) >= 11 is 3.49. The topological polar surface area (TPSA) is 81.9 Å². The van der Waals surface area contributed by atoms with E-state index in [-0.39, 0.29) is 0 Å². The van der Waals surface area contributed by atoms with Crippen molar-refractivity contribution in [2.45, 2.75) is 0 Å². The number of hydrogen-bond acceptors (Lipinski definition) is 6. The summed E-state index contributed by atoms with van der Waals surface area (Å²) < 4.78 is 7.27. The highest BCUT2D eigenvalue weighted by Gasteiger charge is 2.08. The Balaban J connectivity index is 1.77. The van der Waals surface area contributed by atoms with E-state index in [1.54, 1.807) is 10.9 Å². The van der Waals surface area contributed by atoms with Gasteiger partial charge >= 0.3 is 5.97 Å². The first-order chi connectivity index (χ1) is 11.2. The largest absolute Gasteiger partial charge is 0.465 e. The molecular weight excluding hydrogens is 362 g/mol. The second kappa shape index (κ2) is 6.57. The predicted octanol–water partition coefficient (Wildman–Crippen LogP) is 2.96. The fourth-order valence-electron chi connectivity index (χ4n) is 1.90. The van der Waals surface area contributed by atoms with Crippen molar-refractivity contribution < 1.29 is 9.53 Å². The highest BCUT2D eigenvalue weighted by Crippen LogP contribution is 2.21. The number of nitrogens with one attached hydrogen (secondary N) is 1. The van der Waals surface area contributed by atoms with Gasteiger partial charge in [0.15, 0.2) is 0 Å². The lowest BCUT2D eigenvalue weighted by atomic mass is 10.3. The highest BCUT2D eigenvalue weighted by molar-refractivity contribution is 9.10. The lowest BCUT2D eigenvalue weighted by molar-refractivity contribution is 0.0600. The number of anilines is 2. The molecule has 3 aromatic rings. The molecule has 0 saturated heterocycles. The second-order valence-corrected chi connectivity index (χ2v) is 5.39. The van der Waals surface area contributed by atoms with Gasteiger partial charge in [0.2, 0.25) is 5.95 Å². The summed E-state index contributed by atoms with van der Waals surface area (Å²) in [7, 11) is 1.31. The summed E-state index contributed by atoms with van der Waals surface area (Å²) in [5, 5.41) is 7.32. The van der Waals surface area contributed by atoms with Crippen LogP contribution in [-0.2, 0) is 4.74 Å². The number of para-hydroxylation sites is 1. The Morgan fingerprint density at radius 2 is 1.96 bits per heavy atom. The SMILES string of the molecule is COC(=O)c1cnc(Nc2cnn(-c3ccccc3Br)c2)nc1. The highest BCUT2D eigenvalue weighted by atomic mass is 79.9. The minimum Gasteiger partial charge on any atom is -0.465 e. The Morgan fingerprint density at radius 3 is 2.65 bits per heavy atom. The van der Waals surface area contributed by atoms with Gasteiger partial charge in [0, 0.05) is 16.9 Å². The van der Waals surface area contributed by atoms with Crippen molar-refractivity contribution in [2.24, 2.45) is 0 Å². The number of nitrogens with zero attached hydrogens (tertiary/aromatic N) is 4. The molecular formula is C15H12BrN5O2. The van der Waals surface area contributed by atoms with Gasteiger partial charge in [-0.15, -0.1) is 0 Å². The maximum absolute atomic E-state index is 11.3. The molecule has 8 heteroatoms. The van der Waals surface area contributed by atoms with Crippen LogP contribution in [0, 0.1) is 0 Å². The van der Waals surface area contributed by atoms with Crippen molar-refractivity contribution in [2.75, 3.05) is 12.4 Å². The molecule has 2 heterocycles. The van der Waals surface area contributed by atoms with Gasteiger partial charge < -0.3 is 10.1 Å². The molecule has 0 bridgehead atoms. The van der Waals surface area contributed by atoms with Crippen LogP contribution >= 0.6 is 15.9 Å². The third kappa shape index (κ3) is 3.37. The van der Waals surface area contributed by atoms with E-state index in [0.29, 0.717) is 11.5 Å². The van der Waals surface area contributed by atoms with Gasteiger partial charge in [-0.2, -0.15) is 5.10 Å². The fourth-order valence-corrected chi connectivity index (χ4v) is 2.37. The molecule has 0 saturated carbocycles. The van der Waals surface area contributed by atoms with Crippen LogP contribution in [0.2, 0.25) is 0 Å². The summed E-state index contributed by atoms with van der Waals surface area (Å²) in [6, 6.07) is 7.76. The normalized spacial score (nSPS) is 10.3. The van der Waals surface area contributed by atoms with E-state index in [1.165, 1.54) is 19.5 Å². The smallest absolute Gasteiger partial charge is 0.341 e. The number of benzene rings is 1. The van der Waals surface area contributed by atoms with Crippen LogP contribution in [0.5, 0.6) is 0 Å². The number of methoxy groups -OCH3 is 1. The van der Waals surface area contributed by atoms with Crippen molar-refractivity contribution in [3.8, 4) is 5.69 Å². The Bertz CT molecular complexity index is 832. The van der Waals surface area contributed by atoms with Crippen molar-refractivity contribution in [1.82, 2.24) is 19.7 Å². The van der Waals surface area contributed by atoms with Gasteiger partial charge in [-0.05, 0) is 28.1 Å². The number of rotatable bonds is 4. The van der Waals surface area contributed by atoms with E-state index < -0.39 is 5.97 Å². The minimum absolute atomic E-state index is 0.293. The predicted molar refractivity (Wildman–Crippen MR) is 87.9 cm³/mol. The quantitative estimate of drug-likeness (QED) is 0.708. The monoisotopic (exact) mass is 373 g/mol. The van der Waals surface area contributed by atoms with Crippen molar-refractivity contribution in [3.05, 3.63) is 59.1 Å². The molecule has 3 rings (SSSR count). The van der Waals surface area contributed by atoms with Gasteiger partial charge in [-0.1, -0.05) is 12.1 Å². The van der Waals surface area contributed by atoms with Gasteiger partial charge in [-0.3, -0.25) is 0 Å². The minimum atomic E-state index is -0.474. The van der Waals surface area contributed by atoms with Crippen LogP contribution in [0.3, 0.4) is 0 Å². The molecule has 7 nitrogen and oxygen atoms in total. The molecule has 0 atom stereocenters. The molecule has 23 heavy (non-hydrogen) atoms. The van der Waals surface area contributed by atoms with Crippen molar-refractivity contribution in [1.29, 1.82) is 0 Å². The van der Waals surface area contributed by atoms with Crippen molar-refractivity contribution in [3.63, 3.8) is 0 Å². The lowest BCUT2D eigenvalue weighted by Crippen LogP contribution is -2.04. The van der Waals surface area contributed by atoms with Gasteiger partial charge in [0.1, 0.15) is 0 Å². The molecule has 2 aromatic heterocycles. The summed E-state index contributed by atoms with van der Waals surface area (Å²) in [6.45, 7) is 0. The molecule has 0 radical (unpaired) electrons. The van der Waals surface area contributed by atoms with Crippen molar-refractivity contribution >= 4 is 33.5 Å². The summed E-state index contributed by atoms with van der Waals surface area (Å²) in [6.07, 6.45) is 6.29. The van der Waals surface area contributed by atoms with Gasteiger partial charge in [0.25, 0.3) is 0 Å². The number of halogens is 1. The van der Waals surface area contributed by atoms with Gasteiger partial charge in [0.05, 0.1) is 36.4 Å². The second-order valence-electron chi connectivity index (χ2n) is 4.54. The first kappa shape index (κ1) is 15.2. The number of ether oxygens (including phenoxy) is 1. The number of carbonyl (C=O) groups is 1. The molecule has 1 N–H and O–H groups in total. The average molecular weight is 374 g/mol. The molecule has 0 aliphatic carbocycles. The average Bonchev–Trinajstić information content (AvgIpc) is 3.03. The molecule has 0 amide bonds. The lowest BCUT2D eigenvalue weighted by Gasteiger charge is -2.04. The van der Waals surface area contributed by atoms with E-state index in [1.807, 2.05) is 30.5 Å². The third-order valence-corrected chi connectivity index (χ3v) is 3.68. The number of aromatic nitrogens is 4. The molecule has 0 aliphatic rings. The van der Waals surface area contributed by atoms with Crippen LogP contribution in [0.15, 0.2) is 53.5 Å². The van der Waals surface area contributed by atoms with E-state index >= 15 is 0 Å². The Labute approximate surface area is 140 Å². The number of carbonyl (C=O) groups excluding carboxylic acids is 1. The van der Waals surface area contributed by atoms with E-state index in [2.05, 4.69) is 41.1 Å². The van der Waals surface area contributed by atoms with Crippen LogP contribution in [0.25, 0.3) is 5.69 Å². The van der Waals surface area contributed by atoms with Gasteiger partial charge in [-0.25, -0.2) is 19.4 Å². The number of hydrogen-bond donors (Lipinski definition) is 1. The summed E-state index contributed by atoms with van der Waals surface area (Å²) in [4.78, 5) is 19.5. The first-order valence-electron chi connectivity index (χ1n) is 6.64. The van der Waals surface area contributed by atoms with E-state index in [9.17, 15) is 4.79 Å². The third-order valence-electron chi connectivity index (χ3n) is 3.01. The molecule has 0 aliphatic heterocycles. The maximum Gasteiger partial charge on any atom is 0.341 e. The zero-order valence-electron chi connectivity index (χ0n) is 12.1. The molecule has 0 fully saturated rings.